The van der Waals surface area contributed by atoms with Crippen molar-refractivity contribution in [1.29, 1.82) is 5.26 Å². The van der Waals surface area contributed by atoms with Gasteiger partial charge in [0.15, 0.2) is 0 Å². The molecule has 0 aromatic heterocycles. The minimum atomic E-state index is 0.529. The largest absolute Gasteiger partial charge is 0.369 e. The highest BCUT2D eigenvalue weighted by Gasteiger charge is 2.13. The van der Waals surface area contributed by atoms with E-state index in [1.165, 1.54) is 0 Å². The molecule has 1 aromatic carbocycles. The number of hydrogen-bond donors (Lipinski definition) is 0. The third-order valence-corrected chi connectivity index (χ3v) is 3.07. The van der Waals surface area contributed by atoms with Gasteiger partial charge in [0.05, 0.1) is 16.3 Å². The van der Waals surface area contributed by atoms with Crippen LogP contribution in [-0.4, -0.2) is 38.6 Å². The number of halogens is 1. The van der Waals surface area contributed by atoms with Crippen LogP contribution in [0, 0.1) is 11.3 Å². The molecule has 0 unspecified atom stereocenters. The maximum atomic E-state index is 9.22. The lowest BCUT2D eigenvalue weighted by atomic mass is 10.1. The van der Waals surface area contributed by atoms with E-state index in [1.807, 2.05) is 26.2 Å². The average Bonchev–Trinajstić information content (AvgIpc) is 2.34. The second-order valence-corrected chi connectivity index (χ2v) is 4.94. The molecule has 0 aliphatic rings. The van der Waals surface area contributed by atoms with Crippen molar-refractivity contribution in [3.05, 3.63) is 28.8 Å². The van der Waals surface area contributed by atoms with Gasteiger partial charge in [-0.2, -0.15) is 5.26 Å². The third kappa shape index (κ3) is 3.90. The number of likely N-dealkylation sites (N-methyl/N-ethyl adjacent to an activating group) is 1. The van der Waals surface area contributed by atoms with Crippen LogP contribution in [0.5, 0.6) is 0 Å². The first kappa shape index (κ1) is 14.8. The number of rotatable bonds is 6. The maximum Gasteiger partial charge on any atom is 0.103 e. The number of benzene rings is 1. The van der Waals surface area contributed by atoms with Gasteiger partial charge in [0.25, 0.3) is 0 Å². The second-order valence-electron chi connectivity index (χ2n) is 4.54. The molecule has 0 aliphatic carbocycles. The smallest absolute Gasteiger partial charge is 0.103 e. The van der Waals surface area contributed by atoms with Crippen molar-refractivity contribution in [3.8, 4) is 6.07 Å². The second kappa shape index (κ2) is 7.25. The van der Waals surface area contributed by atoms with Crippen molar-refractivity contribution in [3.63, 3.8) is 0 Å². The van der Waals surface area contributed by atoms with Gasteiger partial charge in [-0.05, 0) is 32.6 Å². The summed E-state index contributed by atoms with van der Waals surface area (Å²) in [6.07, 6.45) is 1.05. The molecule has 0 spiro atoms. The quantitative estimate of drug-likeness (QED) is 0.792. The standard InChI is InChI=1S/C14H20ClN3/c1-4-8-18(10-9-17(2)3)14-7-5-6-13(15)12(14)11-16/h5-7H,4,8-10H2,1-3H3. The Morgan fingerprint density at radius 1 is 1.22 bits per heavy atom. The van der Waals surface area contributed by atoms with Gasteiger partial charge in [-0.3, -0.25) is 0 Å². The van der Waals surface area contributed by atoms with Crippen LogP contribution in [0.4, 0.5) is 5.69 Å². The minimum Gasteiger partial charge on any atom is -0.369 e. The monoisotopic (exact) mass is 265 g/mol. The summed E-state index contributed by atoms with van der Waals surface area (Å²) in [4.78, 5) is 4.36. The molecule has 3 nitrogen and oxygen atoms in total. The topological polar surface area (TPSA) is 30.3 Å². The molecule has 0 amide bonds. The Bertz CT molecular complexity index is 424. The Balaban J connectivity index is 2.98. The minimum absolute atomic E-state index is 0.529. The molecule has 0 aliphatic heterocycles. The highest BCUT2D eigenvalue weighted by Crippen LogP contribution is 2.26. The lowest BCUT2D eigenvalue weighted by Crippen LogP contribution is -2.32. The fourth-order valence-corrected chi connectivity index (χ4v) is 2.04. The van der Waals surface area contributed by atoms with E-state index < -0.39 is 0 Å². The van der Waals surface area contributed by atoms with Gasteiger partial charge in [0, 0.05) is 19.6 Å². The molecule has 4 heteroatoms. The SMILES string of the molecule is CCCN(CCN(C)C)c1cccc(Cl)c1C#N. The summed E-state index contributed by atoms with van der Waals surface area (Å²) in [6.45, 7) is 4.93. The van der Waals surface area contributed by atoms with Gasteiger partial charge < -0.3 is 9.80 Å². The van der Waals surface area contributed by atoms with Crippen LogP contribution in [0.3, 0.4) is 0 Å². The average molecular weight is 266 g/mol. The van der Waals surface area contributed by atoms with Crippen LogP contribution in [0.15, 0.2) is 18.2 Å². The number of nitriles is 1. The third-order valence-electron chi connectivity index (χ3n) is 2.75. The summed E-state index contributed by atoms with van der Waals surface area (Å²) in [7, 11) is 4.10. The number of hydrogen-bond acceptors (Lipinski definition) is 3. The van der Waals surface area contributed by atoms with Crippen LogP contribution in [0.2, 0.25) is 5.02 Å². The molecule has 98 valence electrons. The van der Waals surface area contributed by atoms with Gasteiger partial charge >= 0.3 is 0 Å². The van der Waals surface area contributed by atoms with E-state index in [1.54, 1.807) is 6.07 Å². The van der Waals surface area contributed by atoms with E-state index in [0.29, 0.717) is 10.6 Å². The predicted molar refractivity (Wildman–Crippen MR) is 77.2 cm³/mol. The lowest BCUT2D eigenvalue weighted by molar-refractivity contribution is 0.413. The number of anilines is 1. The van der Waals surface area contributed by atoms with E-state index >= 15 is 0 Å². The first-order valence-electron chi connectivity index (χ1n) is 6.18. The Morgan fingerprint density at radius 2 is 1.94 bits per heavy atom. The maximum absolute atomic E-state index is 9.22. The Labute approximate surface area is 115 Å². The molecule has 0 N–H and O–H groups in total. The molecule has 1 rings (SSSR count). The molecule has 1 aromatic rings. The zero-order chi connectivity index (χ0) is 13.5. The van der Waals surface area contributed by atoms with Crippen molar-refractivity contribution in [2.24, 2.45) is 0 Å². The Morgan fingerprint density at radius 3 is 2.50 bits per heavy atom. The first-order chi connectivity index (χ1) is 8.60. The van der Waals surface area contributed by atoms with Crippen molar-refractivity contribution < 1.29 is 0 Å². The summed E-state index contributed by atoms with van der Waals surface area (Å²) >= 11 is 6.08. The predicted octanol–water partition coefficient (Wildman–Crippen LogP) is 2.99. The van der Waals surface area contributed by atoms with Gasteiger partial charge in [-0.25, -0.2) is 0 Å². The molecule has 0 atom stereocenters. The van der Waals surface area contributed by atoms with Gasteiger partial charge in [0.2, 0.25) is 0 Å². The fourth-order valence-electron chi connectivity index (χ4n) is 1.83. The molecular formula is C14H20ClN3. The van der Waals surface area contributed by atoms with Crippen molar-refractivity contribution in [2.75, 3.05) is 38.6 Å². The van der Waals surface area contributed by atoms with Crippen LogP contribution >= 0.6 is 11.6 Å². The zero-order valence-electron chi connectivity index (χ0n) is 11.3. The molecular weight excluding hydrogens is 246 g/mol. The zero-order valence-corrected chi connectivity index (χ0v) is 12.0. The van der Waals surface area contributed by atoms with E-state index in [9.17, 15) is 5.26 Å². The van der Waals surface area contributed by atoms with E-state index in [2.05, 4.69) is 22.8 Å². The van der Waals surface area contributed by atoms with Gasteiger partial charge in [-0.1, -0.05) is 24.6 Å². The summed E-state index contributed by atoms with van der Waals surface area (Å²) in [5.74, 6) is 0. The van der Waals surface area contributed by atoms with Gasteiger partial charge in [0.1, 0.15) is 6.07 Å². The normalized spacial score (nSPS) is 10.4. The highest BCUT2D eigenvalue weighted by atomic mass is 35.5. The van der Waals surface area contributed by atoms with Crippen LogP contribution in [-0.2, 0) is 0 Å². The summed E-state index contributed by atoms with van der Waals surface area (Å²) < 4.78 is 0. The summed E-state index contributed by atoms with van der Waals surface area (Å²) in [5, 5.41) is 9.75. The molecule has 0 saturated carbocycles. The molecule has 18 heavy (non-hydrogen) atoms. The Hall–Kier alpha value is -1.24. The van der Waals surface area contributed by atoms with E-state index in [-0.39, 0.29) is 0 Å². The molecule has 0 heterocycles. The first-order valence-corrected chi connectivity index (χ1v) is 6.56. The van der Waals surface area contributed by atoms with Crippen molar-refractivity contribution in [2.45, 2.75) is 13.3 Å². The lowest BCUT2D eigenvalue weighted by Gasteiger charge is -2.27. The molecule has 0 bridgehead atoms. The van der Waals surface area contributed by atoms with Crippen molar-refractivity contribution >= 4 is 17.3 Å². The van der Waals surface area contributed by atoms with Crippen LogP contribution in [0.25, 0.3) is 0 Å². The molecule has 0 radical (unpaired) electrons. The van der Waals surface area contributed by atoms with Crippen LogP contribution in [0.1, 0.15) is 18.9 Å². The summed E-state index contributed by atoms with van der Waals surface area (Å²) in [6, 6.07) is 7.83. The number of nitrogens with zero attached hydrogens (tertiary/aromatic N) is 3. The molecule has 0 fully saturated rings. The highest BCUT2D eigenvalue weighted by molar-refractivity contribution is 6.32. The van der Waals surface area contributed by atoms with Crippen molar-refractivity contribution in [1.82, 2.24) is 4.90 Å². The van der Waals surface area contributed by atoms with Gasteiger partial charge in [-0.15, -0.1) is 0 Å². The fraction of sp³-hybridized carbons (Fsp3) is 0.500. The van der Waals surface area contributed by atoms with Crippen LogP contribution < -0.4 is 4.90 Å². The Kier molecular flexibility index (Phi) is 5.97. The van der Waals surface area contributed by atoms with E-state index in [0.717, 1.165) is 31.7 Å². The van der Waals surface area contributed by atoms with E-state index in [4.69, 9.17) is 11.6 Å². The molecule has 0 saturated heterocycles. The summed E-state index contributed by atoms with van der Waals surface area (Å²) in [5.41, 5.74) is 1.51.